The van der Waals surface area contributed by atoms with Gasteiger partial charge in [-0.25, -0.2) is 4.68 Å². The van der Waals surface area contributed by atoms with Crippen molar-refractivity contribution in [1.82, 2.24) is 14.8 Å². The SMILES string of the molecule is Fc1nn(C2CCCCO2)c2ccc(C(=C(c3ccccc3)C3CCC3)c3ccc(C4OCCO4)nc3)cc12. The molecule has 1 saturated carbocycles. The van der Waals surface area contributed by atoms with Crippen molar-refractivity contribution in [3.63, 3.8) is 0 Å². The van der Waals surface area contributed by atoms with Gasteiger partial charge in [0.2, 0.25) is 12.2 Å². The van der Waals surface area contributed by atoms with E-state index in [1.54, 1.807) is 4.68 Å². The van der Waals surface area contributed by atoms with Gasteiger partial charge in [-0.05, 0) is 78.5 Å². The molecule has 0 radical (unpaired) electrons. The van der Waals surface area contributed by atoms with Crippen molar-refractivity contribution in [2.75, 3.05) is 19.8 Å². The molecular weight excluding hydrogens is 493 g/mol. The fraction of sp³-hybridized carbons (Fsp3) is 0.375. The monoisotopic (exact) mass is 525 g/mol. The highest BCUT2D eigenvalue weighted by Crippen LogP contribution is 2.45. The first-order valence-corrected chi connectivity index (χ1v) is 14.0. The highest BCUT2D eigenvalue weighted by Gasteiger charge is 2.29. The molecule has 2 aromatic carbocycles. The lowest BCUT2D eigenvalue weighted by molar-refractivity contribution is -0.0472. The van der Waals surface area contributed by atoms with E-state index in [9.17, 15) is 0 Å². The summed E-state index contributed by atoms with van der Waals surface area (Å²) >= 11 is 0. The van der Waals surface area contributed by atoms with Crippen LogP contribution in [0.2, 0.25) is 0 Å². The zero-order valence-corrected chi connectivity index (χ0v) is 21.9. The van der Waals surface area contributed by atoms with Crippen LogP contribution in [-0.4, -0.2) is 34.6 Å². The van der Waals surface area contributed by atoms with Crippen molar-refractivity contribution in [3.05, 3.63) is 95.2 Å². The Morgan fingerprint density at radius 1 is 0.795 bits per heavy atom. The van der Waals surface area contributed by atoms with Gasteiger partial charge in [0.15, 0.2) is 6.23 Å². The van der Waals surface area contributed by atoms with Crippen molar-refractivity contribution >= 4 is 22.0 Å². The molecule has 0 amide bonds. The number of benzene rings is 2. The van der Waals surface area contributed by atoms with Crippen LogP contribution in [0.4, 0.5) is 4.39 Å². The summed E-state index contributed by atoms with van der Waals surface area (Å²) in [5, 5.41) is 4.79. The Hall–Kier alpha value is -3.39. The fourth-order valence-corrected chi connectivity index (χ4v) is 5.99. The van der Waals surface area contributed by atoms with Crippen LogP contribution in [0.1, 0.15) is 73.4 Å². The fourth-order valence-electron chi connectivity index (χ4n) is 5.99. The van der Waals surface area contributed by atoms with E-state index in [4.69, 9.17) is 19.2 Å². The van der Waals surface area contributed by atoms with E-state index in [-0.39, 0.29) is 6.23 Å². The number of aromatic nitrogens is 3. The molecule has 7 heteroatoms. The first kappa shape index (κ1) is 24.6. The topological polar surface area (TPSA) is 58.4 Å². The zero-order valence-electron chi connectivity index (χ0n) is 21.9. The Morgan fingerprint density at radius 2 is 1.62 bits per heavy atom. The Bertz CT molecular complexity index is 1480. The number of halogens is 1. The molecule has 2 aromatic heterocycles. The van der Waals surface area contributed by atoms with Crippen LogP contribution in [-0.2, 0) is 14.2 Å². The lowest BCUT2D eigenvalue weighted by Gasteiger charge is -2.31. The van der Waals surface area contributed by atoms with Gasteiger partial charge in [0.25, 0.3) is 0 Å². The van der Waals surface area contributed by atoms with Gasteiger partial charge in [-0.2, -0.15) is 4.39 Å². The van der Waals surface area contributed by atoms with E-state index in [0.29, 0.717) is 31.1 Å². The molecule has 3 fully saturated rings. The average Bonchev–Trinajstić information content (AvgIpc) is 3.62. The third-order valence-electron chi connectivity index (χ3n) is 8.18. The summed E-state index contributed by atoms with van der Waals surface area (Å²) in [5.41, 5.74) is 7.03. The minimum absolute atomic E-state index is 0.224. The molecule has 0 N–H and O–H groups in total. The number of hydrogen-bond donors (Lipinski definition) is 0. The number of ether oxygens (including phenoxy) is 3. The maximum Gasteiger partial charge on any atom is 0.240 e. The second kappa shape index (κ2) is 10.6. The molecule has 2 aliphatic heterocycles. The molecule has 4 aromatic rings. The van der Waals surface area contributed by atoms with Crippen molar-refractivity contribution in [2.24, 2.45) is 5.92 Å². The van der Waals surface area contributed by atoms with Gasteiger partial charge < -0.3 is 14.2 Å². The molecule has 1 aliphatic carbocycles. The van der Waals surface area contributed by atoms with E-state index >= 15 is 4.39 Å². The molecule has 4 heterocycles. The number of nitrogens with zero attached hydrogens (tertiary/aromatic N) is 3. The third kappa shape index (κ3) is 4.69. The normalized spacial score (nSPS) is 21.2. The number of rotatable bonds is 6. The van der Waals surface area contributed by atoms with Gasteiger partial charge in [0, 0.05) is 18.4 Å². The van der Waals surface area contributed by atoms with Crippen LogP contribution in [0.15, 0.2) is 66.9 Å². The second-order valence-electron chi connectivity index (χ2n) is 10.6. The van der Waals surface area contributed by atoms with Crippen molar-refractivity contribution in [3.8, 4) is 0 Å². The molecule has 3 aliphatic rings. The van der Waals surface area contributed by atoms with E-state index in [2.05, 4.69) is 41.5 Å². The molecule has 2 saturated heterocycles. The summed E-state index contributed by atoms with van der Waals surface area (Å²) in [5.74, 6) is -0.0308. The van der Waals surface area contributed by atoms with Gasteiger partial charge in [-0.1, -0.05) is 48.9 Å². The van der Waals surface area contributed by atoms with Gasteiger partial charge in [-0.15, -0.1) is 5.10 Å². The van der Waals surface area contributed by atoms with Crippen LogP contribution in [0.5, 0.6) is 0 Å². The highest BCUT2D eigenvalue weighted by molar-refractivity contribution is 6.01. The second-order valence-corrected chi connectivity index (χ2v) is 10.6. The molecule has 39 heavy (non-hydrogen) atoms. The summed E-state index contributed by atoms with van der Waals surface area (Å²) in [4.78, 5) is 4.74. The van der Waals surface area contributed by atoms with E-state index in [1.165, 1.54) is 17.6 Å². The lowest BCUT2D eigenvalue weighted by atomic mass is 9.73. The maximum absolute atomic E-state index is 15.3. The minimum Gasteiger partial charge on any atom is -0.356 e. The summed E-state index contributed by atoms with van der Waals surface area (Å²) in [6, 6.07) is 20.7. The Balaban J connectivity index is 1.39. The molecule has 6 nitrogen and oxygen atoms in total. The van der Waals surface area contributed by atoms with Crippen LogP contribution in [0.3, 0.4) is 0 Å². The smallest absolute Gasteiger partial charge is 0.240 e. The highest BCUT2D eigenvalue weighted by atomic mass is 19.1. The van der Waals surface area contributed by atoms with Crippen LogP contribution in [0, 0.1) is 11.9 Å². The molecule has 7 rings (SSSR count). The molecular formula is C32H32FN3O3. The Labute approximate surface area is 227 Å². The maximum atomic E-state index is 15.3. The summed E-state index contributed by atoms with van der Waals surface area (Å²) in [6.45, 7) is 1.83. The van der Waals surface area contributed by atoms with Gasteiger partial charge in [-0.3, -0.25) is 4.98 Å². The predicted octanol–water partition coefficient (Wildman–Crippen LogP) is 7.07. The standard InChI is InChI=1S/C32H32FN3O3/c33-31-25-19-23(13-15-27(25)36(35-31)28-11-4-5-16-37-28)30(24-12-14-26(34-20-24)32-38-17-18-39-32)29(22-9-6-10-22)21-7-2-1-3-8-21/h1-3,7-8,12-15,19-20,22,28,32H,4-6,9-11,16-18H2. The molecule has 1 atom stereocenters. The van der Waals surface area contributed by atoms with Crippen molar-refractivity contribution in [1.29, 1.82) is 0 Å². The first-order chi connectivity index (χ1) is 19.3. The summed E-state index contributed by atoms with van der Waals surface area (Å²) in [7, 11) is 0. The minimum atomic E-state index is -0.464. The van der Waals surface area contributed by atoms with Crippen molar-refractivity contribution < 1.29 is 18.6 Å². The van der Waals surface area contributed by atoms with Gasteiger partial charge >= 0.3 is 0 Å². The van der Waals surface area contributed by atoms with Crippen LogP contribution < -0.4 is 0 Å². The lowest BCUT2D eigenvalue weighted by Crippen LogP contribution is -2.19. The number of allylic oxidation sites excluding steroid dienone is 1. The van der Waals surface area contributed by atoms with Gasteiger partial charge in [0.1, 0.15) is 0 Å². The van der Waals surface area contributed by atoms with E-state index in [0.717, 1.165) is 60.0 Å². The Morgan fingerprint density at radius 3 is 2.31 bits per heavy atom. The van der Waals surface area contributed by atoms with E-state index < -0.39 is 12.2 Å². The number of fused-ring (bicyclic) bond motifs is 1. The van der Waals surface area contributed by atoms with Crippen LogP contribution in [0.25, 0.3) is 22.0 Å². The third-order valence-corrected chi connectivity index (χ3v) is 8.18. The Kier molecular flexibility index (Phi) is 6.72. The largest absolute Gasteiger partial charge is 0.356 e. The van der Waals surface area contributed by atoms with Crippen LogP contribution >= 0.6 is 0 Å². The number of pyridine rings is 1. The quantitative estimate of drug-likeness (QED) is 0.252. The molecule has 0 spiro atoms. The van der Waals surface area contributed by atoms with E-state index in [1.807, 2.05) is 30.5 Å². The molecule has 200 valence electrons. The molecule has 0 bridgehead atoms. The zero-order chi connectivity index (χ0) is 26.2. The number of hydrogen-bond acceptors (Lipinski definition) is 5. The predicted molar refractivity (Wildman–Crippen MR) is 147 cm³/mol. The first-order valence-electron chi connectivity index (χ1n) is 14.0. The average molecular weight is 526 g/mol. The molecule has 1 unspecified atom stereocenters. The summed E-state index contributed by atoms with van der Waals surface area (Å²) < 4.78 is 34.3. The van der Waals surface area contributed by atoms with Crippen molar-refractivity contribution in [2.45, 2.75) is 51.0 Å². The summed E-state index contributed by atoms with van der Waals surface area (Å²) in [6.07, 6.45) is 7.67. The van der Waals surface area contributed by atoms with Gasteiger partial charge in [0.05, 0.1) is 29.8 Å².